The average molecular weight is 206 g/mol. The summed E-state index contributed by atoms with van der Waals surface area (Å²) in [5.74, 6) is 1.02. The lowest BCUT2D eigenvalue weighted by molar-refractivity contribution is 0.198. The molecular formula is C9H14N6. The van der Waals surface area contributed by atoms with Crippen LogP contribution in [0.4, 0.5) is 0 Å². The first-order chi connectivity index (χ1) is 7.43. The van der Waals surface area contributed by atoms with Crippen molar-refractivity contribution in [1.82, 2.24) is 15.6 Å². The van der Waals surface area contributed by atoms with Crippen molar-refractivity contribution in [2.24, 2.45) is 15.4 Å². The highest BCUT2D eigenvalue weighted by Crippen LogP contribution is 2.16. The van der Waals surface area contributed by atoms with Crippen LogP contribution in [-0.2, 0) is 0 Å². The molecule has 0 radical (unpaired) electrons. The highest BCUT2D eigenvalue weighted by Gasteiger charge is 2.24. The molecule has 3 rings (SSSR count). The van der Waals surface area contributed by atoms with E-state index in [9.17, 15) is 0 Å². The van der Waals surface area contributed by atoms with Gasteiger partial charge in [0.05, 0.1) is 0 Å². The summed E-state index contributed by atoms with van der Waals surface area (Å²) >= 11 is 0. The molecule has 0 saturated carbocycles. The van der Waals surface area contributed by atoms with Gasteiger partial charge in [0.15, 0.2) is 5.84 Å². The number of amidine groups is 1. The molecule has 6 nitrogen and oxygen atoms in total. The molecular weight excluding hydrogens is 192 g/mol. The molecule has 15 heavy (non-hydrogen) atoms. The molecule has 0 aliphatic carbocycles. The summed E-state index contributed by atoms with van der Waals surface area (Å²) in [6.07, 6.45) is 7.86. The summed E-state index contributed by atoms with van der Waals surface area (Å²) in [6, 6.07) is 0. The molecule has 1 fully saturated rings. The zero-order chi connectivity index (χ0) is 10.1. The number of piperidine rings is 1. The van der Waals surface area contributed by atoms with Crippen LogP contribution in [0.1, 0.15) is 19.3 Å². The fourth-order valence-electron chi connectivity index (χ4n) is 2.05. The van der Waals surface area contributed by atoms with Crippen LogP contribution in [0.25, 0.3) is 0 Å². The maximum Gasteiger partial charge on any atom is 0.201 e. The normalized spacial score (nSPS) is 28.8. The number of hydrogen-bond acceptors (Lipinski definition) is 6. The van der Waals surface area contributed by atoms with Crippen LogP contribution in [0.5, 0.6) is 0 Å². The van der Waals surface area contributed by atoms with Gasteiger partial charge in [-0.25, -0.2) is 0 Å². The minimum absolute atomic E-state index is 0.0569. The lowest BCUT2D eigenvalue weighted by Crippen LogP contribution is -2.41. The Labute approximate surface area is 88.3 Å². The Hall–Kier alpha value is -1.59. The summed E-state index contributed by atoms with van der Waals surface area (Å²) in [6.45, 7) is 2.21. The smallest absolute Gasteiger partial charge is 0.201 e. The van der Waals surface area contributed by atoms with Crippen LogP contribution in [0.3, 0.4) is 0 Å². The van der Waals surface area contributed by atoms with E-state index in [2.05, 4.69) is 25.9 Å². The van der Waals surface area contributed by atoms with E-state index in [1.54, 1.807) is 5.12 Å². The lowest BCUT2D eigenvalue weighted by Gasteiger charge is -2.31. The third-order valence-electron chi connectivity index (χ3n) is 2.88. The first-order valence-corrected chi connectivity index (χ1v) is 5.40. The van der Waals surface area contributed by atoms with Gasteiger partial charge in [0, 0.05) is 13.1 Å². The number of hydrazine groups is 1. The zero-order valence-electron chi connectivity index (χ0n) is 8.50. The van der Waals surface area contributed by atoms with E-state index in [-0.39, 0.29) is 6.17 Å². The van der Waals surface area contributed by atoms with E-state index in [1.165, 1.54) is 19.3 Å². The fourth-order valence-corrected chi connectivity index (χ4v) is 2.05. The number of fused-ring (bicyclic) bond motifs is 1. The molecule has 0 amide bonds. The molecule has 3 aliphatic rings. The Morgan fingerprint density at radius 3 is 3.00 bits per heavy atom. The minimum Gasteiger partial charge on any atom is -0.355 e. The van der Waals surface area contributed by atoms with Gasteiger partial charge in [-0.1, -0.05) is 5.22 Å². The van der Waals surface area contributed by atoms with Gasteiger partial charge < -0.3 is 4.90 Å². The predicted molar refractivity (Wildman–Crippen MR) is 55.6 cm³/mol. The molecule has 1 atom stereocenters. The largest absolute Gasteiger partial charge is 0.355 e. The first kappa shape index (κ1) is 8.70. The summed E-state index contributed by atoms with van der Waals surface area (Å²) in [7, 11) is 0. The Balaban J connectivity index is 1.74. The monoisotopic (exact) mass is 206 g/mol. The molecule has 0 aromatic rings. The highest BCUT2D eigenvalue weighted by atomic mass is 15.9. The van der Waals surface area contributed by atoms with Crippen molar-refractivity contribution in [1.29, 1.82) is 0 Å². The highest BCUT2D eigenvalue weighted by molar-refractivity contribution is 5.93. The van der Waals surface area contributed by atoms with Gasteiger partial charge >= 0.3 is 0 Å². The first-order valence-electron chi connectivity index (χ1n) is 5.40. The maximum atomic E-state index is 4.46. The molecule has 0 bridgehead atoms. The van der Waals surface area contributed by atoms with Gasteiger partial charge in [-0.15, -0.1) is 10.2 Å². The van der Waals surface area contributed by atoms with Crippen molar-refractivity contribution < 1.29 is 0 Å². The number of nitrogens with zero attached hydrogens (tertiary/aromatic N) is 5. The maximum absolute atomic E-state index is 4.46. The number of hydrazone groups is 1. The van der Waals surface area contributed by atoms with Gasteiger partial charge in [-0.05, 0) is 31.4 Å². The lowest BCUT2D eigenvalue weighted by atomic mass is 10.1. The number of likely N-dealkylation sites (tertiary alicyclic amines) is 1. The van der Waals surface area contributed by atoms with Gasteiger partial charge in [0.1, 0.15) is 0 Å². The van der Waals surface area contributed by atoms with E-state index < -0.39 is 0 Å². The van der Waals surface area contributed by atoms with E-state index in [4.69, 9.17) is 0 Å². The molecule has 80 valence electrons. The molecule has 1 saturated heterocycles. The summed E-state index contributed by atoms with van der Waals surface area (Å²) < 4.78 is 0. The third kappa shape index (κ3) is 1.55. The Kier molecular flexibility index (Phi) is 2.04. The number of nitrogens with one attached hydrogen (secondary N) is 1. The van der Waals surface area contributed by atoms with Gasteiger partial charge in [-0.2, -0.15) is 10.7 Å². The van der Waals surface area contributed by atoms with Crippen LogP contribution < -0.4 is 5.53 Å². The van der Waals surface area contributed by atoms with E-state index in [0.717, 1.165) is 18.9 Å². The average Bonchev–Trinajstić information content (AvgIpc) is 2.77. The molecule has 0 aromatic carbocycles. The molecule has 1 N–H and O–H groups in total. The molecule has 3 heterocycles. The Bertz CT molecular complexity index is 327. The van der Waals surface area contributed by atoms with Gasteiger partial charge in [0.2, 0.25) is 6.17 Å². The van der Waals surface area contributed by atoms with Gasteiger partial charge in [0.25, 0.3) is 0 Å². The minimum atomic E-state index is -0.0569. The molecule has 6 heteroatoms. The number of hydrogen-bond donors (Lipinski definition) is 1. The Morgan fingerprint density at radius 2 is 2.13 bits per heavy atom. The second-order valence-corrected chi connectivity index (χ2v) is 3.94. The van der Waals surface area contributed by atoms with Crippen LogP contribution in [0, 0.1) is 0 Å². The van der Waals surface area contributed by atoms with Crippen molar-refractivity contribution in [3.8, 4) is 0 Å². The quantitative estimate of drug-likeness (QED) is 0.639. The zero-order valence-corrected chi connectivity index (χ0v) is 8.50. The summed E-state index contributed by atoms with van der Waals surface area (Å²) in [5, 5.41) is 13.8. The third-order valence-corrected chi connectivity index (χ3v) is 2.88. The fraction of sp³-hybridized carbons (Fsp3) is 0.667. The molecule has 0 spiro atoms. The van der Waals surface area contributed by atoms with E-state index >= 15 is 0 Å². The van der Waals surface area contributed by atoms with E-state index in [0.29, 0.717) is 0 Å². The van der Waals surface area contributed by atoms with Gasteiger partial charge in [-0.3, -0.25) is 0 Å². The topological polar surface area (TPSA) is 55.6 Å². The predicted octanol–water partition coefficient (Wildman–Crippen LogP) is 0.869. The standard InChI is InChI=1S/C9H14N6/c1-2-6-14(7-3-1)9-5-4-8-10-12-13-15(8)11-9/h4-5,8H,1-3,6-7H2,(H,10,13). The van der Waals surface area contributed by atoms with Crippen molar-refractivity contribution >= 4 is 5.84 Å². The second-order valence-electron chi connectivity index (χ2n) is 3.94. The second kappa shape index (κ2) is 3.52. The van der Waals surface area contributed by atoms with Crippen LogP contribution in [0.15, 0.2) is 27.6 Å². The van der Waals surface area contributed by atoms with Crippen LogP contribution in [0.2, 0.25) is 0 Å². The van der Waals surface area contributed by atoms with Crippen LogP contribution in [-0.4, -0.2) is 35.1 Å². The van der Waals surface area contributed by atoms with E-state index in [1.807, 2.05) is 12.2 Å². The molecule has 1 unspecified atom stereocenters. The summed E-state index contributed by atoms with van der Waals surface area (Å²) in [4.78, 5) is 2.32. The van der Waals surface area contributed by atoms with Crippen molar-refractivity contribution in [2.75, 3.05) is 13.1 Å². The number of rotatable bonds is 0. The Morgan fingerprint density at radius 1 is 1.27 bits per heavy atom. The molecule has 0 aromatic heterocycles. The van der Waals surface area contributed by atoms with Crippen molar-refractivity contribution in [3.63, 3.8) is 0 Å². The van der Waals surface area contributed by atoms with Crippen LogP contribution >= 0.6 is 0 Å². The summed E-state index contributed by atoms with van der Waals surface area (Å²) in [5.41, 5.74) is 2.75. The SMILES string of the molecule is C1=CC2N=NNN2N=C1N1CCCCC1. The van der Waals surface area contributed by atoms with Crippen molar-refractivity contribution in [2.45, 2.75) is 25.4 Å². The van der Waals surface area contributed by atoms with Crippen molar-refractivity contribution in [3.05, 3.63) is 12.2 Å². The molecule has 3 aliphatic heterocycles.